The van der Waals surface area contributed by atoms with Crippen LogP contribution in [0.1, 0.15) is 21.0 Å². The third kappa shape index (κ3) is 3.89. The lowest BCUT2D eigenvalue weighted by Crippen LogP contribution is -2.00. The third-order valence-corrected chi connectivity index (χ3v) is 7.89. The Morgan fingerprint density at radius 1 is 0.750 bits per heavy atom. The fourth-order valence-corrected chi connectivity index (χ4v) is 6.45. The first-order valence-corrected chi connectivity index (χ1v) is 10.6. The van der Waals surface area contributed by atoms with Crippen LogP contribution in [0.4, 0.5) is 5.69 Å². The monoisotopic (exact) mass is 423 g/mol. The lowest BCUT2D eigenvalue weighted by atomic mass is 10.1. The summed E-state index contributed by atoms with van der Waals surface area (Å²) in [6.45, 7) is 0. The van der Waals surface area contributed by atoms with Crippen molar-refractivity contribution in [2.45, 2.75) is 9.83 Å². The minimum Gasteiger partial charge on any atom is -0.493 e. The van der Waals surface area contributed by atoms with Gasteiger partial charge in [-0.1, -0.05) is 0 Å². The minimum absolute atomic E-state index is 0.242. The Bertz CT molecular complexity index is 821. The summed E-state index contributed by atoms with van der Waals surface area (Å²) in [5.74, 6) is 4.12. The largest absolute Gasteiger partial charge is 0.493 e. The van der Waals surface area contributed by atoms with Crippen molar-refractivity contribution in [3.8, 4) is 28.7 Å². The van der Waals surface area contributed by atoms with Gasteiger partial charge in [0.1, 0.15) is 0 Å². The van der Waals surface area contributed by atoms with Gasteiger partial charge in [0, 0.05) is 11.0 Å². The summed E-state index contributed by atoms with van der Waals surface area (Å²) >= 11 is 3.74. The zero-order chi connectivity index (χ0) is 20.3. The molecule has 1 aliphatic heterocycles. The van der Waals surface area contributed by atoms with E-state index in [2.05, 4.69) is 0 Å². The van der Waals surface area contributed by atoms with Gasteiger partial charge in [0.15, 0.2) is 23.0 Å². The van der Waals surface area contributed by atoms with Crippen molar-refractivity contribution in [1.29, 1.82) is 0 Å². The number of thioether (sulfide) groups is 2. The van der Waals surface area contributed by atoms with E-state index >= 15 is 0 Å². The first kappa shape index (κ1) is 20.7. The standard InChI is InChI=1S/C20H25NO5S2/c1-22-14-9-12(6-13(21)18(14)25-4)20-27-10-17(28-20)11-7-15(23-2)19(26-5)16(8-11)24-3/h6-9,17,20H,10,21H2,1-5H3/t17-,20+/m1/s1. The summed E-state index contributed by atoms with van der Waals surface area (Å²) in [4.78, 5) is 0. The van der Waals surface area contributed by atoms with Crippen molar-refractivity contribution in [3.63, 3.8) is 0 Å². The number of ether oxygens (including phenoxy) is 5. The second kappa shape index (κ2) is 8.96. The second-order valence-corrected chi connectivity index (χ2v) is 8.84. The van der Waals surface area contributed by atoms with E-state index in [1.165, 1.54) is 0 Å². The Morgan fingerprint density at radius 2 is 1.29 bits per heavy atom. The van der Waals surface area contributed by atoms with Crippen molar-refractivity contribution in [2.24, 2.45) is 0 Å². The normalized spacial score (nSPS) is 18.6. The van der Waals surface area contributed by atoms with Crippen LogP contribution in [-0.4, -0.2) is 41.3 Å². The molecule has 0 radical (unpaired) electrons. The molecule has 0 saturated carbocycles. The summed E-state index contributed by atoms with van der Waals surface area (Å²) in [6, 6.07) is 8.00. The molecule has 0 aromatic heterocycles. The summed E-state index contributed by atoms with van der Waals surface area (Å²) in [6.07, 6.45) is 0. The number of anilines is 1. The van der Waals surface area contributed by atoms with E-state index in [0.29, 0.717) is 34.4 Å². The fourth-order valence-electron chi connectivity index (χ4n) is 3.19. The topological polar surface area (TPSA) is 72.2 Å². The van der Waals surface area contributed by atoms with E-state index in [-0.39, 0.29) is 9.83 Å². The molecule has 6 nitrogen and oxygen atoms in total. The average molecular weight is 424 g/mol. The zero-order valence-electron chi connectivity index (χ0n) is 16.6. The molecule has 2 atom stereocenters. The van der Waals surface area contributed by atoms with Crippen LogP contribution in [0, 0.1) is 0 Å². The Morgan fingerprint density at radius 3 is 1.82 bits per heavy atom. The molecule has 0 amide bonds. The van der Waals surface area contributed by atoms with Crippen molar-refractivity contribution in [1.82, 2.24) is 0 Å². The lowest BCUT2D eigenvalue weighted by molar-refractivity contribution is 0.324. The molecule has 28 heavy (non-hydrogen) atoms. The first-order chi connectivity index (χ1) is 13.6. The number of hydrogen-bond acceptors (Lipinski definition) is 8. The lowest BCUT2D eigenvalue weighted by Gasteiger charge is -2.18. The minimum atomic E-state index is 0.242. The van der Waals surface area contributed by atoms with Gasteiger partial charge in [-0.15, -0.1) is 23.5 Å². The van der Waals surface area contributed by atoms with Gasteiger partial charge < -0.3 is 29.4 Å². The van der Waals surface area contributed by atoms with Crippen LogP contribution < -0.4 is 29.4 Å². The maximum absolute atomic E-state index is 6.16. The van der Waals surface area contributed by atoms with Crippen LogP contribution in [0.5, 0.6) is 28.7 Å². The van der Waals surface area contributed by atoms with Gasteiger partial charge in [0.25, 0.3) is 0 Å². The van der Waals surface area contributed by atoms with Gasteiger partial charge in [-0.25, -0.2) is 0 Å². The smallest absolute Gasteiger partial charge is 0.203 e. The van der Waals surface area contributed by atoms with Crippen LogP contribution in [0.3, 0.4) is 0 Å². The second-order valence-electron chi connectivity index (χ2n) is 6.09. The van der Waals surface area contributed by atoms with Gasteiger partial charge in [0.2, 0.25) is 5.75 Å². The molecule has 1 heterocycles. The molecule has 2 aromatic rings. The SMILES string of the molecule is COc1cc([C@H]2SC[C@H](c3cc(OC)c(OC)c(OC)c3)S2)cc(N)c1OC. The molecule has 0 spiro atoms. The van der Waals surface area contributed by atoms with Gasteiger partial charge in [-0.2, -0.15) is 0 Å². The number of benzene rings is 2. The molecule has 0 bridgehead atoms. The third-order valence-electron chi connectivity index (χ3n) is 4.55. The molecule has 1 saturated heterocycles. The predicted octanol–water partition coefficient (Wildman–Crippen LogP) is 4.53. The quantitative estimate of drug-likeness (QED) is 0.651. The number of nitrogen functional groups attached to an aromatic ring is 1. The van der Waals surface area contributed by atoms with Crippen LogP contribution in [0.25, 0.3) is 0 Å². The number of nitrogens with two attached hydrogens (primary N) is 1. The molecule has 1 aliphatic rings. The van der Waals surface area contributed by atoms with Gasteiger partial charge in [0.05, 0.1) is 45.8 Å². The molecular weight excluding hydrogens is 398 g/mol. The first-order valence-electron chi connectivity index (χ1n) is 8.64. The van der Waals surface area contributed by atoms with Crippen molar-refractivity contribution >= 4 is 29.2 Å². The van der Waals surface area contributed by atoms with E-state index in [1.54, 1.807) is 35.5 Å². The highest BCUT2D eigenvalue weighted by Crippen LogP contribution is 2.58. The zero-order valence-corrected chi connectivity index (χ0v) is 18.2. The van der Waals surface area contributed by atoms with Crippen LogP contribution in [0.2, 0.25) is 0 Å². The highest BCUT2D eigenvalue weighted by Gasteiger charge is 2.31. The Balaban J connectivity index is 1.87. The van der Waals surface area contributed by atoms with Gasteiger partial charge in [-0.05, 0) is 35.4 Å². The molecular formula is C20H25NO5S2. The predicted molar refractivity (Wildman–Crippen MR) is 116 cm³/mol. The maximum atomic E-state index is 6.16. The van der Waals surface area contributed by atoms with Crippen molar-refractivity contribution < 1.29 is 23.7 Å². The number of methoxy groups -OCH3 is 5. The molecule has 2 aromatic carbocycles. The van der Waals surface area contributed by atoms with E-state index in [9.17, 15) is 0 Å². The van der Waals surface area contributed by atoms with Crippen LogP contribution in [-0.2, 0) is 0 Å². The van der Waals surface area contributed by atoms with E-state index < -0.39 is 0 Å². The summed E-state index contributed by atoms with van der Waals surface area (Å²) in [5, 5.41) is 0.290. The molecule has 152 valence electrons. The summed E-state index contributed by atoms with van der Waals surface area (Å²) in [7, 11) is 8.08. The Kier molecular flexibility index (Phi) is 6.61. The highest BCUT2D eigenvalue weighted by molar-refractivity contribution is 8.19. The fraction of sp³-hybridized carbons (Fsp3) is 0.400. The molecule has 2 N–H and O–H groups in total. The number of rotatable bonds is 7. The summed E-state index contributed by atoms with van der Waals surface area (Å²) in [5.41, 5.74) is 8.99. The Hall–Kier alpha value is -2.06. The van der Waals surface area contributed by atoms with Gasteiger partial charge >= 0.3 is 0 Å². The average Bonchev–Trinajstić information content (AvgIpc) is 3.22. The van der Waals surface area contributed by atoms with E-state index in [0.717, 1.165) is 16.9 Å². The van der Waals surface area contributed by atoms with Gasteiger partial charge in [-0.3, -0.25) is 0 Å². The molecule has 8 heteroatoms. The molecule has 0 unspecified atom stereocenters. The van der Waals surface area contributed by atoms with E-state index in [4.69, 9.17) is 29.4 Å². The van der Waals surface area contributed by atoms with Crippen molar-refractivity contribution in [3.05, 3.63) is 35.4 Å². The van der Waals surface area contributed by atoms with Crippen LogP contribution in [0.15, 0.2) is 24.3 Å². The molecule has 0 aliphatic carbocycles. The highest BCUT2D eigenvalue weighted by atomic mass is 32.2. The molecule has 1 fully saturated rings. The van der Waals surface area contributed by atoms with Crippen LogP contribution >= 0.6 is 23.5 Å². The molecule has 3 rings (SSSR count). The maximum Gasteiger partial charge on any atom is 0.203 e. The summed E-state index contributed by atoms with van der Waals surface area (Å²) < 4.78 is 27.4. The Labute approximate surface area is 174 Å². The number of hydrogen-bond donors (Lipinski definition) is 1. The van der Waals surface area contributed by atoms with Crippen molar-refractivity contribution in [2.75, 3.05) is 47.0 Å². The van der Waals surface area contributed by atoms with E-state index in [1.807, 2.05) is 47.8 Å².